The van der Waals surface area contributed by atoms with Crippen molar-refractivity contribution in [3.05, 3.63) is 29.8 Å². The molecule has 1 heterocycles. The summed E-state index contributed by atoms with van der Waals surface area (Å²) in [6, 6.07) is 5.64. The number of rotatable bonds is 7. The zero-order chi connectivity index (χ0) is 16.7. The van der Waals surface area contributed by atoms with Crippen molar-refractivity contribution < 1.29 is 13.2 Å². The van der Waals surface area contributed by atoms with E-state index in [2.05, 4.69) is 17.1 Å². The first kappa shape index (κ1) is 18.1. The summed E-state index contributed by atoms with van der Waals surface area (Å²) in [5.74, 6) is 0. The van der Waals surface area contributed by atoms with E-state index in [0.717, 1.165) is 64.7 Å². The first-order valence-corrected chi connectivity index (χ1v) is 8.36. The number of hydrogen-bond acceptors (Lipinski definition) is 3. The first-order chi connectivity index (χ1) is 11.0. The van der Waals surface area contributed by atoms with Crippen molar-refractivity contribution >= 4 is 5.69 Å². The molecule has 2 rings (SSSR count). The van der Waals surface area contributed by atoms with Gasteiger partial charge in [-0.2, -0.15) is 13.2 Å². The molecule has 1 saturated heterocycles. The average molecular weight is 329 g/mol. The zero-order valence-corrected chi connectivity index (χ0v) is 13.7. The molecule has 0 atom stereocenters. The molecule has 1 fully saturated rings. The van der Waals surface area contributed by atoms with Gasteiger partial charge < -0.3 is 10.2 Å². The molecule has 0 saturated carbocycles. The summed E-state index contributed by atoms with van der Waals surface area (Å²) in [7, 11) is 0. The number of alkyl halides is 3. The second-order valence-corrected chi connectivity index (χ2v) is 5.98. The average Bonchev–Trinajstić information content (AvgIpc) is 2.55. The Morgan fingerprint density at radius 1 is 1.09 bits per heavy atom. The van der Waals surface area contributed by atoms with Crippen molar-refractivity contribution in [2.24, 2.45) is 0 Å². The molecule has 1 N–H and O–H groups in total. The predicted octanol–water partition coefficient (Wildman–Crippen LogP) is 3.22. The van der Waals surface area contributed by atoms with Crippen LogP contribution in [0.1, 0.15) is 25.3 Å². The highest BCUT2D eigenvalue weighted by Crippen LogP contribution is 2.31. The summed E-state index contributed by atoms with van der Waals surface area (Å²) in [6.07, 6.45) is -2.01. The van der Waals surface area contributed by atoms with Gasteiger partial charge in [0.05, 0.1) is 5.56 Å². The third kappa shape index (κ3) is 5.70. The molecule has 0 aliphatic carbocycles. The molecule has 1 aromatic rings. The number of nitrogens with one attached hydrogen (secondary N) is 1. The third-order valence-electron chi connectivity index (χ3n) is 4.17. The smallest absolute Gasteiger partial charge is 0.369 e. The minimum Gasteiger partial charge on any atom is -0.369 e. The Morgan fingerprint density at radius 2 is 1.83 bits per heavy atom. The number of nitrogens with zero attached hydrogens (tertiary/aromatic N) is 2. The van der Waals surface area contributed by atoms with Crippen LogP contribution in [0.15, 0.2) is 24.3 Å². The van der Waals surface area contributed by atoms with Crippen LogP contribution in [0.2, 0.25) is 0 Å². The van der Waals surface area contributed by atoms with Crippen LogP contribution in [-0.4, -0.2) is 50.7 Å². The second kappa shape index (κ2) is 8.55. The molecule has 0 spiro atoms. The molecule has 1 aliphatic heterocycles. The molecule has 0 unspecified atom stereocenters. The van der Waals surface area contributed by atoms with E-state index in [-0.39, 0.29) is 0 Å². The zero-order valence-electron chi connectivity index (χ0n) is 13.7. The van der Waals surface area contributed by atoms with Gasteiger partial charge >= 0.3 is 6.18 Å². The van der Waals surface area contributed by atoms with Crippen LogP contribution >= 0.6 is 0 Å². The molecule has 1 aromatic carbocycles. The van der Waals surface area contributed by atoms with Gasteiger partial charge in [0.1, 0.15) is 0 Å². The van der Waals surface area contributed by atoms with Gasteiger partial charge in [-0.15, -0.1) is 0 Å². The molecule has 3 nitrogen and oxygen atoms in total. The maximum atomic E-state index is 12.8. The van der Waals surface area contributed by atoms with E-state index in [1.54, 1.807) is 6.07 Å². The predicted molar refractivity (Wildman–Crippen MR) is 87.9 cm³/mol. The molecular formula is C17H26F3N3. The van der Waals surface area contributed by atoms with Crippen molar-refractivity contribution in [2.45, 2.75) is 25.9 Å². The normalized spacial score (nSPS) is 16.8. The molecular weight excluding hydrogens is 303 g/mol. The van der Waals surface area contributed by atoms with Crippen molar-refractivity contribution in [3.8, 4) is 0 Å². The van der Waals surface area contributed by atoms with E-state index in [0.29, 0.717) is 5.69 Å². The largest absolute Gasteiger partial charge is 0.416 e. The van der Waals surface area contributed by atoms with Crippen LogP contribution < -0.4 is 10.2 Å². The monoisotopic (exact) mass is 329 g/mol. The number of anilines is 1. The van der Waals surface area contributed by atoms with E-state index in [9.17, 15) is 13.2 Å². The van der Waals surface area contributed by atoms with Gasteiger partial charge in [0.2, 0.25) is 0 Å². The Hall–Kier alpha value is -1.27. The molecule has 0 amide bonds. The maximum absolute atomic E-state index is 12.8. The first-order valence-electron chi connectivity index (χ1n) is 8.36. The number of benzene rings is 1. The van der Waals surface area contributed by atoms with Crippen LogP contribution in [0.3, 0.4) is 0 Å². The molecule has 1 aliphatic rings. The van der Waals surface area contributed by atoms with E-state index in [1.807, 2.05) is 4.90 Å². The lowest BCUT2D eigenvalue weighted by atomic mass is 10.1. The number of piperazine rings is 1. The summed E-state index contributed by atoms with van der Waals surface area (Å²) in [5.41, 5.74) is 0.100. The quantitative estimate of drug-likeness (QED) is 0.775. The summed E-state index contributed by atoms with van der Waals surface area (Å²) in [4.78, 5) is 4.43. The standard InChI is InChI=1S/C17H26F3N3/c1-2-7-21-8-4-9-22-10-12-23(13-11-22)16-6-3-5-15(14-16)17(18,19)20/h3,5-6,14,21H,2,4,7-13H2,1H3. The van der Waals surface area contributed by atoms with E-state index in [1.165, 1.54) is 12.1 Å². The summed E-state index contributed by atoms with van der Waals surface area (Å²) >= 11 is 0. The van der Waals surface area contributed by atoms with Gasteiger partial charge in [-0.1, -0.05) is 13.0 Å². The van der Waals surface area contributed by atoms with Crippen molar-refractivity contribution in [2.75, 3.05) is 50.7 Å². The summed E-state index contributed by atoms with van der Waals surface area (Å²) < 4.78 is 38.4. The van der Waals surface area contributed by atoms with Crippen molar-refractivity contribution in [1.82, 2.24) is 10.2 Å². The Balaban J connectivity index is 1.78. The van der Waals surface area contributed by atoms with Crippen molar-refractivity contribution in [3.63, 3.8) is 0 Å². The lowest BCUT2D eigenvalue weighted by Gasteiger charge is -2.36. The second-order valence-electron chi connectivity index (χ2n) is 5.98. The van der Waals surface area contributed by atoms with Gasteiger partial charge in [0.15, 0.2) is 0 Å². The molecule has 6 heteroatoms. The molecule has 23 heavy (non-hydrogen) atoms. The summed E-state index contributed by atoms with van der Waals surface area (Å²) in [6.45, 7) is 8.67. The van der Waals surface area contributed by atoms with E-state index in [4.69, 9.17) is 0 Å². The Bertz CT molecular complexity index is 468. The van der Waals surface area contributed by atoms with Gasteiger partial charge in [-0.25, -0.2) is 0 Å². The lowest BCUT2D eigenvalue weighted by molar-refractivity contribution is -0.137. The minimum absolute atomic E-state index is 0.570. The Labute approximate surface area is 136 Å². The maximum Gasteiger partial charge on any atom is 0.416 e. The van der Waals surface area contributed by atoms with E-state index < -0.39 is 11.7 Å². The number of hydrogen-bond donors (Lipinski definition) is 1. The van der Waals surface area contributed by atoms with Crippen LogP contribution in [0, 0.1) is 0 Å². The van der Waals surface area contributed by atoms with Crippen LogP contribution in [0.5, 0.6) is 0 Å². The van der Waals surface area contributed by atoms with Gasteiger partial charge in [0.25, 0.3) is 0 Å². The highest BCUT2D eigenvalue weighted by atomic mass is 19.4. The fourth-order valence-electron chi connectivity index (χ4n) is 2.84. The molecule has 0 bridgehead atoms. The Kier molecular flexibility index (Phi) is 6.72. The fourth-order valence-corrected chi connectivity index (χ4v) is 2.84. The highest BCUT2D eigenvalue weighted by molar-refractivity contribution is 5.49. The number of halogens is 3. The highest BCUT2D eigenvalue weighted by Gasteiger charge is 2.31. The summed E-state index contributed by atoms with van der Waals surface area (Å²) in [5, 5.41) is 3.39. The Morgan fingerprint density at radius 3 is 2.48 bits per heavy atom. The van der Waals surface area contributed by atoms with Crippen LogP contribution in [0.25, 0.3) is 0 Å². The van der Waals surface area contributed by atoms with Gasteiger partial charge in [-0.05, 0) is 50.7 Å². The minimum atomic E-state index is -4.27. The van der Waals surface area contributed by atoms with Crippen molar-refractivity contribution in [1.29, 1.82) is 0 Å². The van der Waals surface area contributed by atoms with Gasteiger partial charge in [-0.3, -0.25) is 4.90 Å². The SMILES string of the molecule is CCCNCCCN1CCN(c2cccc(C(F)(F)F)c2)CC1. The van der Waals surface area contributed by atoms with Gasteiger partial charge in [0, 0.05) is 31.9 Å². The molecule has 0 radical (unpaired) electrons. The topological polar surface area (TPSA) is 18.5 Å². The van der Waals surface area contributed by atoms with Crippen LogP contribution in [-0.2, 0) is 6.18 Å². The molecule has 0 aromatic heterocycles. The fraction of sp³-hybridized carbons (Fsp3) is 0.647. The van der Waals surface area contributed by atoms with E-state index >= 15 is 0 Å². The third-order valence-corrected chi connectivity index (χ3v) is 4.17. The van der Waals surface area contributed by atoms with Crippen LogP contribution in [0.4, 0.5) is 18.9 Å². The lowest BCUT2D eigenvalue weighted by Crippen LogP contribution is -2.47. The molecule has 130 valence electrons.